The molecule has 55 heavy (non-hydrogen) atoms. The Morgan fingerprint density at radius 3 is 0.855 bits per heavy atom. The van der Waals surface area contributed by atoms with Crippen molar-refractivity contribution in [2.24, 2.45) is 0 Å². The maximum Gasteiger partial charge on any atom is 0.303 e. The summed E-state index contributed by atoms with van der Waals surface area (Å²) in [5.41, 5.74) is 1.33. The second kappa shape index (κ2) is 36.1. The van der Waals surface area contributed by atoms with Crippen LogP contribution in [0, 0.1) is 0 Å². The summed E-state index contributed by atoms with van der Waals surface area (Å²) in [7, 11) is -0.377. The third-order valence-corrected chi connectivity index (χ3v) is 15.6. The van der Waals surface area contributed by atoms with E-state index in [9.17, 15) is 19.2 Å². The zero-order chi connectivity index (χ0) is 40.2. The molecule has 0 bridgehead atoms. The summed E-state index contributed by atoms with van der Waals surface area (Å²) in [6.45, 7) is 0. The molecular formula is C44H77NO8P2. The Balaban J connectivity index is 2.88. The van der Waals surface area contributed by atoms with Gasteiger partial charge in [0.25, 0.3) is 0 Å². The van der Waals surface area contributed by atoms with Crippen LogP contribution >= 0.6 is 15.8 Å². The molecule has 0 aromatic heterocycles. The number of carboxylic acids is 4. The highest BCUT2D eigenvalue weighted by Gasteiger charge is 2.19. The standard InChI is InChI=1S/C44H77NO8P2/c46-41(47)30-20-9-1-5-13-24-34-54(35-25-14-6-2-10-21-31-42(48)49)38-45(40-28-18-17-19-29-40)39-55(36-26-15-7-3-11-22-32-43(50)51)37-27-16-8-4-12-23-33-44(52)53/h17-19,28-29H,1-16,20-27,30-39H2,(H,46,47)(H,48,49)(H,50,51)(H,52,53). The fourth-order valence-corrected chi connectivity index (χ4v) is 12.5. The average molecular weight is 810 g/mol. The zero-order valence-corrected chi connectivity index (χ0v) is 36.0. The lowest BCUT2D eigenvalue weighted by molar-refractivity contribution is -0.138. The monoisotopic (exact) mass is 810 g/mol. The van der Waals surface area contributed by atoms with Gasteiger partial charge in [-0.15, -0.1) is 0 Å². The zero-order valence-electron chi connectivity index (χ0n) is 34.2. The summed E-state index contributed by atoms with van der Waals surface area (Å²) >= 11 is 0. The van der Waals surface area contributed by atoms with E-state index < -0.39 is 23.9 Å². The first kappa shape index (κ1) is 50.8. The number of carboxylic acid groups (broad SMARTS) is 4. The Morgan fingerprint density at radius 1 is 0.364 bits per heavy atom. The van der Waals surface area contributed by atoms with E-state index in [1.807, 2.05) is 0 Å². The van der Waals surface area contributed by atoms with Gasteiger partial charge >= 0.3 is 23.9 Å². The van der Waals surface area contributed by atoms with Crippen LogP contribution < -0.4 is 4.90 Å². The van der Waals surface area contributed by atoms with Crippen LogP contribution in [0.2, 0.25) is 0 Å². The van der Waals surface area contributed by atoms with E-state index in [4.69, 9.17) is 20.4 Å². The summed E-state index contributed by atoms with van der Waals surface area (Å²) in [5.74, 6) is -2.81. The summed E-state index contributed by atoms with van der Waals surface area (Å²) in [6, 6.07) is 11.0. The minimum Gasteiger partial charge on any atom is -0.481 e. The van der Waals surface area contributed by atoms with Crippen molar-refractivity contribution in [3.05, 3.63) is 30.3 Å². The molecule has 0 unspecified atom stereocenters. The van der Waals surface area contributed by atoms with Crippen molar-refractivity contribution in [2.45, 2.75) is 180 Å². The van der Waals surface area contributed by atoms with E-state index >= 15 is 0 Å². The molecule has 0 spiro atoms. The van der Waals surface area contributed by atoms with Crippen molar-refractivity contribution in [3.8, 4) is 0 Å². The molecule has 0 saturated carbocycles. The highest BCUT2D eigenvalue weighted by Crippen LogP contribution is 2.45. The van der Waals surface area contributed by atoms with E-state index in [1.54, 1.807) is 0 Å². The Kier molecular flexibility index (Phi) is 33.4. The van der Waals surface area contributed by atoms with Crippen molar-refractivity contribution in [1.82, 2.24) is 0 Å². The molecule has 0 aliphatic heterocycles. The number of nitrogens with zero attached hydrogens (tertiary/aromatic N) is 1. The van der Waals surface area contributed by atoms with Crippen molar-refractivity contribution >= 4 is 45.4 Å². The molecule has 316 valence electrons. The largest absolute Gasteiger partial charge is 0.481 e. The molecule has 1 aromatic carbocycles. The smallest absolute Gasteiger partial charge is 0.303 e. The van der Waals surface area contributed by atoms with Crippen molar-refractivity contribution < 1.29 is 39.6 Å². The van der Waals surface area contributed by atoms with Gasteiger partial charge in [0.05, 0.1) is 0 Å². The van der Waals surface area contributed by atoms with Crippen LogP contribution in [-0.2, 0) is 19.2 Å². The molecule has 9 nitrogen and oxygen atoms in total. The molecule has 0 atom stereocenters. The van der Waals surface area contributed by atoms with Crippen LogP contribution in [-0.4, -0.2) is 81.5 Å². The lowest BCUT2D eigenvalue weighted by atomic mass is 10.1. The van der Waals surface area contributed by atoms with E-state index in [0.717, 1.165) is 89.6 Å². The lowest BCUT2D eigenvalue weighted by Gasteiger charge is -2.34. The molecule has 0 radical (unpaired) electrons. The quantitative estimate of drug-likeness (QED) is 0.0374. The molecule has 1 rings (SSSR count). The Hall–Kier alpha value is -2.24. The van der Waals surface area contributed by atoms with Crippen LogP contribution in [0.15, 0.2) is 30.3 Å². The van der Waals surface area contributed by atoms with E-state index in [0.29, 0.717) is 0 Å². The molecule has 0 amide bonds. The van der Waals surface area contributed by atoms with Gasteiger partial charge in [0.1, 0.15) is 0 Å². The van der Waals surface area contributed by atoms with Gasteiger partial charge in [-0.1, -0.05) is 137 Å². The van der Waals surface area contributed by atoms with Crippen LogP contribution in [0.1, 0.15) is 180 Å². The number of benzene rings is 1. The third-order valence-electron chi connectivity index (χ3n) is 10.3. The molecule has 11 heteroatoms. The topological polar surface area (TPSA) is 152 Å². The van der Waals surface area contributed by atoms with Crippen LogP contribution in [0.5, 0.6) is 0 Å². The minimum absolute atomic E-state index is 0.188. The molecule has 0 aliphatic rings. The van der Waals surface area contributed by atoms with Crippen molar-refractivity contribution in [3.63, 3.8) is 0 Å². The predicted molar refractivity (Wildman–Crippen MR) is 232 cm³/mol. The molecule has 0 fully saturated rings. The fraction of sp³-hybridized carbons (Fsp3) is 0.773. The maximum absolute atomic E-state index is 10.9. The maximum atomic E-state index is 10.9. The highest BCUT2D eigenvalue weighted by molar-refractivity contribution is 7.58. The van der Waals surface area contributed by atoms with Gasteiger partial charge in [0, 0.05) is 43.9 Å². The first-order chi connectivity index (χ1) is 26.7. The second-order valence-corrected chi connectivity index (χ2v) is 20.5. The summed E-state index contributed by atoms with van der Waals surface area (Å²) < 4.78 is 0. The SMILES string of the molecule is O=C(O)CCCCCCCCP(CCCCCCCCC(=O)O)CN(CP(CCCCCCCCC(=O)O)CCCCCCCCC(=O)O)c1ccccc1. The van der Waals surface area contributed by atoms with Gasteiger partial charge in [0.2, 0.25) is 0 Å². The predicted octanol–water partition coefficient (Wildman–Crippen LogP) is 12.6. The first-order valence-corrected chi connectivity index (χ1v) is 25.6. The Morgan fingerprint density at radius 2 is 0.600 bits per heavy atom. The number of hydrogen-bond acceptors (Lipinski definition) is 5. The van der Waals surface area contributed by atoms with Crippen molar-refractivity contribution in [2.75, 3.05) is 42.1 Å². The Bertz CT molecular complexity index is 983. The summed E-state index contributed by atoms with van der Waals surface area (Å²) in [5, 5.41) is 35.8. The van der Waals surface area contributed by atoms with Crippen LogP contribution in [0.4, 0.5) is 5.69 Å². The molecule has 0 saturated heterocycles. The average Bonchev–Trinajstić information content (AvgIpc) is 3.14. The first-order valence-electron chi connectivity index (χ1n) is 21.8. The molecule has 0 heterocycles. The van der Waals surface area contributed by atoms with Gasteiger partial charge in [-0.2, -0.15) is 0 Å². The normalized spacial score (nSPS) is 11.4. The number of unbranched alkanes of at least 4 members (excludes halogenated alkanes) is 20. The number of carbonyl (C=O) groups is 4. The fourth-order valence-electron chi connectivity index (χ4n) is 7.11. The molecule has 1 aromatic rings. The summed E-state index contributed by atoms with van der Waals surface area (Å²) in [4.78, 5) is 46.2. The number of anilines is 1. The van der Waals surface area contributed by atoms with Gasteiger partial charge in [-0.05, 0) is 88.1 Å². The van der Waals surface area contributed by atoms with Crippen molar-refractivity contribution in [1.29, 1.82) is 0 Å². The number of hydrogen-bond donors (Lipinski definition) is 4. The van der Waals surface area contributed by atoms with E-state index in [-0.39, 0.29) is 41.5 Å². The van der Waals surface area contributed by atoms with Gasteiger partial charge < -0.3 is 25.3 Å². The van der Waals surface area contributed by atoms with Gasteiger partial charge in [0.15, 0.2) is 0 Å². The van der Waals surface area contributed by atoms with E-state index in [1.165, 1.54) is 107 Å². The second-order valence-electron chi connectivity index (χ2n) is 15.5. The van der Waals surface area contributed by atoms with E-state index in [2.05, 4.69) is 35.2 Å². The third kappa shape index (κ3) is 33.6. The Labute approximate surface area is 336 Å². The molecular weight excluding hydrogens is 732 g/mol. The molecule has 0 aliphatic carbocycles. The summed E-state index contributed by atoms with van der Waals surface area (Å²) in [6.07, 6.45) is 34.4. The molecule has 4 N–H and O–H groups in total. The van der Waals surface area contributed by atoms with Gasteiger partial charge in [-0.25, -0.2) is 0 Å². The van der Waals surface area contributed by atoms with Crippen LogP contribution in [0.3, 0.4) is 0 Å². The highest BCUT2D eigenvalue weighted by atomic mass is 31.1. The van der Waals surface area contributed by atoms with Gasteiger partial charge in [-0.3, -0.25) is 19.2 Å². The lowest BCUT2D eigenvalue weighted by Crippen LogP contribution is -2.26. The number of para-hydroxylation sites is 1. The number of rotatable bonds is 41. The number of aliphatic carboxylic acids is 4. The minimum atomic E-state index is -0.701. The van der Waals surface area contributed by atoms with Crippen LogP contribution in [0.25, 0.3) is 0 Å².